The van der Waals surface area contributed by atoms with Gasteiger partial charge in [-0.25, -0.2) is 13.1 Å². The first-order chi connectivity index (χ1) is 12.6. The van der Waals surface area contributed by atoms with Crippen LogP contribution >= 0.6 is 0 Å². The number of rotatable bonds is 7. The number of alkyl halides is 3. The number of benzene rings is 2. The fourth-order valence-electron chi connectivity index (χ4n) is 2.27. The lowest BCUT2D eigenvalue weighted by Gasteiger charge is -2.15. The van der Waals surface area contributed by atoms with Crippen molar-refractivity contribution >= 4 is 10.0 Å². The van der Waals surface area contributed by atoms with Crippen molar-refractivity contribution in [2.45, 2.75) is 17.2 Å². The summed E-state index contributed by atoms with van der Waals surface area (Å²) in [5, 5.41) is 10.1. The molecule has 0 aliphatic heterocycles. The minimum atomic E-state index is -4.49. The minimum Gasteiger partial charge on any atom is -0.493 e. The lowest BCUT2D eigenvalue weighted by molar-refractivity contribution is -0.137. The van der Waals surface area contributed by atoms with Gasteiger partial charge >= 0.3 is 6.18 Å². The van der Waals surface area contributed by atoms with E-state index in [4.69, 9.17) is 9.47 Å². The van der Waals surface area contributed by atoms with E-state index in [9.17, 15) is 26.7 Å². The zero-order valence-electron chi connectivity index (χ0n) is 14.4. The predicted molar refractivity (Wildman–Crippen MR) is 91.1 cm³/mol. The van der Waals surface area contributed by atoms with Crippen molar-refractivity contribution in [1.82, 2.24) is 4.72 Å². The van der Waals surface area contributed by atoms with Crippen LogP contribution in [0.2, 0.25) is 0 Å². The summed E-state index contributed by atoms with van der Waals surface area (Å²) < 4.78 is 74.7. The van der Waals surface area contributed by atoms with Crippen molar-refractivity contribution < 1.29 is 36.2 Å². The van der Waals surface area contributed by atoms with Crippen LogP contribution in [0.1, 0.15) is 17.2 Å². The lowest BCUT2D eigenvalue weighted by Crippen LogP contribution is -2.28. The van der Waals surface area contributed by atoms with E-state index in [1.807, 2.05) is 0 Å². The molecule has 0 amide bonds. The standard InChI is InChI=1S/C17H18F3NO5S/c1-25-15-8-7-13(9-16(15)26-2)27(23,24)21-10-14(22)11-3-5-12(6-4-11)17(18,19)20/h3-9,14,21-22H,10H2,1-2H3. The monoisotopic (exact) mass is 405 g/mol. The molecular weight excluding hydrogens is 387 g/mol. The molecule has 148 valence electrons. The van der Waals surface area contributed by atoms with E-state index < -0.39 is 34.4 Å². The van der Waals surface area contributed by atoms with E-state index in [1.54, 1.807) is 0 Å². The van der Waals surface area contributed by atoms with Crippen LogP contribution in [0.3, 0.4) is 0 Å². The zero-order chi connectivity index (χ0) is 20.2. The number of hydrogen-bond acceptors (Lipinski definition) is 5. The Morgan fingerprint density at radius 2 is 1.63 bits per heavy atom. The van der Waals surface area contributed by atoms with Gasteiger partial charge in [-0.1, -0.05) is 12.1 Å². The second-order valence-corrected chi connectivity index (χ2v) is 7.27. The molecule has 0 aliphatic rings. The van der Waals surface area contributed by atoms with Crippen LogP contribution in [0.5, 0.6) is 11.5 Å². The molecule has 0 aromatic heterocycles. The first kappa shape index (κ1) is 21.0. The van der Waals surface area contributed by atoms with Crippen molar-refractivity contribution in [2.24, 2.45) is 0 Å². The van der Waals surface area contributed by atoms with Crippen LogP contribution in [0.25, 0.3) is 0 Å². The van der Waals surface area contributed by atoms with Gasteiger partial charge < -0.3 is 14.6 Å². The fourth-order valence-corrected chi connectivity index (χ4v) is 3.32. The lowest BCUT2D eigenvalue weighted by atomic mass is 10.1. The Kier molecular flexibility index (Phi) is 6.34. The highest BCUT2D eigenvalue weighted by molar-refractivity contribution is 7.89. The molecule has 1 atom stereocenters. The summed E-state index contributed by atoms with van der Waals surface area (Å²) in [6, 6.07) is 7.80. The molecule has 2 rings (SSSR count). The Bertz CT molecular complexity index is 882. The quantitative estimate of drug-likeness (QED) is 0.740. The number of methoxy groups -OCH3 is 2. The van der Waals surface area contributed by atoms with Crippen molar-refractivity contribution in [3.8, 4) is 11.5 Å². The van der Waals surface area contributed by atoms with Crippen molar-refractivity contribution in [3.05, 3.63) is 53.6 Å². The molecule has 0 heterocycles. The summed E-state index contributed by atoms with van der Waals surface area (Å²) >= 11 is 0. The minimum absolute atomic E-state index is 0.111. The molecule has 0 aliphatic carbocycles. The van der Waals surface area contributed by atoms with Crippen LogP contribution in [0, 0.1) is 0 Å². The van der Waals surface area contributed by atoms with Crippen LogP contribution in [-0.2, 0) is 16.2 Å². The summed E-state index contributed by atoms with van der Waals surface area (Å²) in [6.45, 7) is -0.415. The van der Waals surface area contributed by atoms with Crippen molar-refractivity contribution in [2.75, 3.05) is 20.8 Å². The average Bonchev–Trinajstić information content (AvgIpc) is 2.64. The molecule has 2 N–H and O–H groups in total. The van der Waals surface area contributed by atoms with Gasteiger partial charge in [0.25, 0.3) is 0 Å². The number of aliphatic hydroxyl groups is 1. The first-order valence-electron chi connectivity index (χ1n) is 7.65. The van der Waals surface area contributed by atoms with E-state index in [0.29, 0.717) is 5.75 Å². The van der Waals surface area contributed by atoms with Crippen LogP contribution < -0.4 is 14.2 Å². The highest BCUT2D eigenvalue weighted by Gasteiger charge is 2.30. The Hall–Kier alpha value is -2.30. The molecule has 2 aromatic carbocycles. The van der Waals surface area contributed by atoms with E-state index in [1.165, 1.54) is 32.4 Å². The normalized spacial score (nSPS) is 13.3. The topological polar surface area (TPSA) is 84.9 Å². The van der Waals surface area contributed by atoms with Gasteiger partial charge in [0.05, 0.1) is 30.8 Å². The van der Waals surface area contributed by atoms with E-state index >= 15 is 0 Å². The molecule has 0 spiro atoms. The highest BCUT2D eigenvalue weighted by atomic mass is 32.2. The Morgan fingerprint density at radius 1 is 1.04 bits per heavy atom. The van der Waals surface area contributed by atoms with E-state index in [-0.39, 0.29) is 16.2 Å². The number of sulfonamides is 1. The number of hydrogen-bond donors (Lipinski definition) is 2. The Morgan fingerprint density at radius 3 is 2.15 bits per heavy atom. The maximum absolute atomic E-state index is 12.6. The Labute approximate surface area is 154 Å². The van der Waals surface area contributed by atoms with Gasteiger partial charge in [0.1, 0.15) is 0 Å². The first-order valence-corrected chi connectivity index (χ1v) is 9.13. The third-order valence-electron chi connectivity index (χ3n) is 3.75. The smallest absolute Gasteiger partial charge is 0.416 e. The molecule has 2 aromatic rings. The molecule has 6 nitrogen and oxygen atoms in total. The van der Waals surface area contributed by atoms with Crippen molar-refractivity contribution in [3.63, 3.8) is 0 Å². The highest BCUT2D eigenvalue weighted by Crippen LogP contribution is 2.31. The Balaban J connectivity index is 2.10. The molecule has 10 heteroatoms. The SMILES string of the molecule is COc1ccc(S(=O)(=O)NCC(O)c2ccc(C(F)(F)F)cc2)cc1OC. The molecule has 0 radical (unpaired) electrons. The van der Waals surface area contributed by atoms with Gasteiger partial charge in [-0.3, -0.25) is 0 Å². The summed E-state index contributed by atoms with van der Waals surface area (Å²) in [7, 11) is -1.21. The third-order valence-corrected chi connectivity index (χ3v) is 5.18. The van der Waals surface area contributed by atoms with Crippen LogP contribution in [-0.4, -0.2) is 34.3 Å². The third kappa shape index (κ3) is 5.12. The molecule has 27 heavy (non-hydrogen) atoms. The predicted octanol–water partition coefficient (Wildman–Crippen LogP) is 2.73. The maximum Gasteiger partial charge on any atom is 0.416 e. The molecular formula is C17H18F3NO5S. The summed E-state index contributed by atoms with van der Waals surface area (Å²) in [6.07, 6.45) is -5.81. The van der Waals surface area contributed by atoms with Gasteiger partial charge in [0.2, 0.25) is 10.0 Å². The van der Waals surface area contributed by atoms with E-state index in [2.05, 4.69) is 4.72 Å². The fraction of sp³-hybridized carbons (Fsp3) is 0.294. The van der Waals surface area contributed by atoms with Gasteiger partial charge in [-0.2, -0.15) is 13.2 Å². The van der Waals surface area contributed by atoms with Gasteiger partial charge in [-0.05, 0) is 29.8 Å². The van der Waals surface area contributed by atoms with Crippen LogP contribution in [0.15, 0.2) is 47.4 Å². The number of nitrogens with one attached hydrogen (secondary N) is 1. The summed E-state index contributed by atoms with van der Waals surface area (Å²) in [4.78, 5) is -0.111. The van der Waals surface area contributed by atoms with Gasteiger partial charge in [-0.15, -0.1) is 0 Å². The van der Waals surface area contributed by atoms with Gasteiger partial charge in [0, 0.05) is 12.6 Å². The second-order valence-electron chi connectivity index (χ2n) is 5.50. The second kappa shape index (κ2) is 8.15. The van der Waals surface area contributed by atoms with E-state index in [0.717, 1.165) is 24.3 Å². The average molecular weight is 405 g/mol. The number of aliphatic hydroxyl groups excluding tert-OH is 1. The summed E-state index contributed by atoms with van der Waals surface area (Å²) in [5.74, 6) is 0.560. The largest absolute Gasteiger partial charge is 0.493 e. The van der Waals surface area contributed by atoms with Crippen molar-refractivity contribution in [1.29, 1.82) is 0 Å². The molecule has 0 fully saturated rings. The maximum atomic E-state index is 12.6. The van der Waals surface area contributed by atoms with Crippen LogP contribution in [0.4, 0.5) is 13.2 Å². The summed E-state index contributed by atoms with van der Waals surface area (Å²) in [5.41, 5.74) is -0.706. The molecule has 0 bridgehead atoms. The number of halogens is 3. The zero-order valence-corrected chi connectivity index (χ0v) is 15.3. The molecule has 0 saturated heterocycles. The molecule has 1 unspecified atom stereocenters. The molecule has 0 saturated carbocycles. The number of ether oxygens (including phenoxy) is 2. The van der Waals surface area contributed by atoms with Gasteiger partial charge in [0.15, 0.2) is 11.5 Å².